The second-order valence-corrected chi connectivity index (χ2v) is 6.50. The Labute approximate surface area is 175 Å². The summed E-state index contributed by atoms with van der Waals surface area (Å²) < 4.78 is 0. The van der Waals surface area contributed by atoms with Gasteiger partial charge in [0.05, 0.1) is 19.1 Å². The number of carboxylic acids is 3. The van der Waals surface area contributed by atoms with Crippen molar-refractivity contribution in [2.45, 2.75) is 56.5 Å². The molecule has 176 valence electrons. The third kappa shape index (κ3) is 10.3. The lowest BCUT2D eigenvalue weighted by Crippen LogP contribution is -2.59. The summed E-state index contributed by atoms with van der Waals surface area (Å²) >= 11 is 0. The van der Waals surface area contributed by atoms with Gasteiger partial charge in [-0.2, -0.15) is 0 Å². The lowest BCUT2D eigenvalue weighted by molar-refractivity contribution is -0.144. The second-order valence-electron chi connectivity index (χ2n) is 6.50. The van der Waals surface area contributed by atoms with E-state index in [1.807, 2.05) is 16.0 Å². The van der Waals surface area contributed by atoms with E-state index in [2.05, 4.69) is 0 Å². The van der Waals surface area contributed by atoms with E-state index in [0.717, 1.165) is 0 Å². The highest BCUT2D eigenvalue weighted by Gasteiger charge is 2.32. The summed E-state index contributed by atoms with van der Waals surface area (Å²) in [6.07, 6.45) is -3.37. The second kappa shape index (κ2) is 13.1. The van der Waals surface area contributed by atoms with Crippen LogP contribution in [0.3, 0.4) is 0 Å². The number of nitrogens with one attached hydrogen (secondary N) is 3. The van der Waals surface area contributed by atoms with Crippen LogP contribution in [0.4, 0.5) is 0 Å². The van der Waals surface area contributed by atoms with Gasteiger partial charge in [0, 0.05) is 6.42 Å². The number of aliphatic hydroxyl groups excluding tert-OH is 2. The molecule has 0 bridgehead atoms. The minimum Gasteiger partial charge on any atom is -0.481 e. The van der Waals surface area contributed by atoms with Crippen molar-refractivity contribution in [3.63, 3.8) is 0 Å². The fourth-order valence-corrected chi connectivity index (χ4v) is 2.13. The van der Waals surface area contributed by atoms with Gasteiger partial charge in [-0.15, -0.1) is 0 Å². The standard InChI is InChI=1S/C16H26N4O11/c1-6(22)12(17)15(29)20-9(5-21)14(28)19-8(4-11(25)26)13(27)18-7(16(30)31)2-3-10(23)24/h6-9,12,21-22H,2-5,17H2,1H3,(H,18,27)(H,19,28)(H,20,29)(H,23,24)(H,25,26)(H,30,31). The number of rotatable bonds is 14. The summed E-state index contributed by atoms with van der Waals surface area (Å²) in [4.78, 5) is 69.2. The van der Waals surface area contributed by atoms with Crippen molar-refractivity contribution in [1.29, 1.82) is 0 Å². The first-order chi connectivity index (χ1) is 14.3. The largest absolute Gasteiger partial charge is 0.481 e. The highest BCUT2D eigenvalue weighted by atomic mass is 16.4. The van der Waals surface area contributed by atoms with E-state index < -0.39 is 91.8 Å². The highest BCUT2D eigenvalue weighted by molar-refractivity contribution is 5.95. The molecule has 15 nitrogen and oxygen atoms in total. The number of carbonyl (C=O) groups excluding carboxylic acids is 3. The van der Waals surface area contributed by atoms with Crippen molar-refractivity contribution in [3.8, 4) is 0 Å². The number of amides is 3. The van der Waals surface area contributed by atoms with Crippen LogP contribution in [0.2, 0.25) is 0 Å². The van der Waals surface area contributed by atoms with Crippen LogP contribution in [-0.4, -0.2) is 98.0 Å². The third-order valence-electron chi connectivity index (χ3n) is 3.91. The zero-order valence-electron chi connectivity index (χ0n) is 16.5. The normalized spacial score (nSPS) is 15.5. The molecule has 0 aromatic rings. The van der Waals surface area contributed by atoms with Gasteiger partial charge in [-0.25, -0.2) is 4.79 Å². The molecule has 0 saturated carbocycles. The van der Waals surface area contributed by atoms with E-state index in [9.17, 15) is 39.0 Å². The number of carbonyl (C=O) groups is 6. The monoisotopic (exact) mass is 450 g/mol. The molecule has 31 heavy (non-hydrogen) atoms. The molecule has 0 aromatic heterocycles. The summed E-state index contributed by atoms with van der Waals surface area (Å²) in [6.45, 7) is 0.233. The van der Waals surface area contributed by atoms with Gasteiger partial charge < -0.3 is 47.2 Å². The fraction of sp³-hybridized carbons (Fsp3) is 0.625. The van der Waals surface area contributed by atoms with Crippen molar-refractivity contribution < 1.29 is 54.3 Å². The molecule has 0 radical (unpaired) electrons. The molecule has 0 aromatic carbocycles. The number of hydrogen-bond donors (Lipinski definition) is 9. The van der Waals surface area contributed by atoms with Gasteiger partial charge in [-0.05, 0) is 13.3 Å². The molecule has 0 saturated heterocycles. The predicted molar refractivity (Wildman–Crippen MR) is 99.3 cm³/mol. The Hall–Kier alpha value is -3.30. The van der Waals surface area contributed by atoms with E-state index in [1.165, 1.54) is 6.92 Å². The quantitative estimate of drug-likeness (QED) is 0.121. The smallest absolute Gasteiger partial charge is 0.326 e. The lowest BCUT2D eigenvalue weighted by Gasteiger charge is -2.24. The Balaban J connectivity index is 5.31. The first-order valence-electron chi connectivity index (χ1n) is 8.92. The van der Waals surface area contributed by atoms with Crippen LogP contribution in [0.5, 0.6) is 0 Å². The number of aliphatic carboxylic acids is 3. The average molecular weight is 450 g/mol. The van der Waals surface area contributed by atoms with Gasteiger partial charge in [0.1, 0.15) is 24.2 Å². The molecule has 5 atom stereocenters. The first kappa shape index (κ1) is 27.7. The number of hydrogen-bond acceptors (Lipinski definition) is 9. The number of nitrogens with two attached hydrogens (primary N) is 1. The molecule has 0 fully saturated rings. The summed E-state index contributed by atoms with van der Waals surface area (Å²) in [5.74, 6) is -7.89. The van der Waals surface area contributed by atoms with E-state index in [0.29, 0.717) is 0 Å². The minimum absolute atomic E-state index is 0.503. The predicted octanol–water partition coefficient (Wildman–Crippen LogP) is -4.43. The van der Waals surface area contributed by atoms with Crippen LogP contribution in [0.1, 0.15) is 26.2 Å². The molecule has 0 aliphatic carbocycles. The molecule has 3 amide bonds. The number of aliphatic hydroxyl groups is 2. The first-order valence-corrected chi connectivity index (χ1v) is 8.92. The van der Waals surface area contributed by atoms with E-state index in [1.54, 1.807) is 0 Å². The Morgan fingerprint density at radius 2 is 1.29 bits per heavy atom. The van der Waals surface area contributed by atoms with Crippen molar-refractivity contribution in [3.05, 3.63) is 0 Å². The Bertz CT molecular complexity index is 697. The average Bonchev–Trinajstić information content (AvgIpc) is 2.66. The molecule has 0 spiro atoms. The highest BCUT2D eigenvalue weighted by Crippen LogP contribution is 2.02. The molecule has 5 unspecified atom stereocenters. The zero-order valence-corrected chi connectivity index (χ0v) is 16.5. The van der Waals surface area contributed by atoms with Crippen molar-refractivity contribution in [2.24, 2.45) is 5.73 Å². The van der Waals surface area contributed by atoms with Crippen LogP contribution >= 0.6 is 0 Å². The van der Waals surface area contributed by atoms with Gasteiger partial charge >= 0.3 is 17.9 Å². The maximum Gasteiger partial charge on any atom is 0.326 e. The molecule has 0 rings (SSSR count). The Kier molecular flexibility index (Phi) is 11.7. The van der Waals surface area contributed by atoms with Crippen molar-refractivity contribution in [2.75, 3.05) is 6.61 Å². The van der Waals surface area contributed by atoms with Crippen LogP contribution in [-0.2, 0) is 28.8 Å². The zero-order chi connectivity index (χ0) is 24.3. The van der Waals surface area contributed by atoms with E-state index >= 15 is 0 Å². The van der Waals surface area contributed by atoms with Crippen molar-refractivity contribution >= 4 is 35.6 Å². The van der Waals surface area contributed by atoms with Crippen LogP contribution in [0.15, 0.2) is 0 Å². The Morgan fingerprint density at radius 3 is 1.71 bits per heavy atom. The molecular weight excluding hydrogens is 424 g/mol. The number of carboxylic acid groups (broad SMARTS) is 3. The molecular formula is C16H26N4O11. The molecule has 0 aliphatic heterocycles. The summed E-state index contributed by atoms with van der Waals surface area (Å²) in [5, 5.41) is 51.2. The maximum absolute atomic E-state index is 12.3. The SMILES string of the molecule is CC(O)C(N)C(=O)NC(CO)C(=O)NC(CC(=O)O)C(=O)NC(CCC(=O)O)C(=O)O. The molecule has 15 heteroatoms. The van der Waals surface area contributed by atoms with Crippen LogP contribution in [0.25, 0.3) is 0 Å². The third-order valence-corrected chi connectivity index (χ3v) is 3.91. The maximum atomic E-state index is 12.3. The summed E-state index contributed by atoms with van der Waals surface area (Å²) in [5.41, 5.74) is 5.40. The molecule has 10 N–H and O–H groups in total. The summed E-state index contributed by atoms with van der Waals surface area (Å²) in [7, 11) is 0. The van der Waals surface area contributed by atoms with Crippen LogP contribution in [0, 0.1) is 0 Å². The minimum atomic E-state index is -1.81. The Morgan fingerprint density at radius 1 is 0.806 bits per heavy atom. The summed E-state index contributed by atoms with van der Waals surface area (Å²) in [6, 6.07) is -6.59. The van der Waals surface area contributed by atoms with Gasteiger partial charge in [-0.1, -0.05) is 0 Å². The van der Waals surface area contributed by atoms with Gasteiger partial charge in [0.25, 0.3) is 0 Å². The van der Waals surface area contributed by atoms with Crippen molar-refractivity contribution in [1.82, 2.24) is 16.0 Å². The van der Waals surface area contributed by atoms with E-state index in [-0.39, 0.29) is 0 Å². The molecule has 0 heterocycles. The van der Waals surface area contributed by atoms with Gasteiger partial charge in [0.2, 0.25) is 17.7 Å². The fourth-order valence-electron chi connectivity index (χ4n) is 2.13. The van der Waals surface area contributed by atoms with Gasteiger partial charge in [-0.3, -0.25) is 24.0 Å². The molecule has 0 aliphatic rings. The van der Waals surface area contributed by atoms with Gasteiger partial charge in [0.15, 0.2) is 0 Å². The topological polar surface area (TPSA) is 266 Å². The van der Waals surface area contributed by atoms with E-state index in [4.69, 9.17) is 21.1 Å². The lowest BCUT2D eigenvalue weighted by atomic mass is 10.1. The van der Waals surface area contributed by atoms with Crippen LogP contribution < -0.4 is 21.7 Å².